The van der Waals surface area contributed by atoms with E-state index in [0.29, 0.717) is 12.8 Å². The molecular formula is C10H14O4. The minimum Gasteiger partial charge on any atom is -0.247 e. The third-order valence-electron chi connectivity index (χ3n) is 2.20. The molecule has 4 nitrogen and oxygen atoms in total. The van der Waals surface area contributed by atoms with Gasteiger partial charge in [-0.25, -0.2) is 19.4 Å². The molecule has 0 N–H and O–H groups in total. The topological polar surface area (TPSA) is 52.6 Å². The van der Waals surface area contributed by atoms with E-state index in [1.54, 1.807) is 0 Å². The highest BCUT2D eigenvalue weighted by molar-refractivity contribution is 5.75. The molecule has 0 spiro atoms. The fourth-order valence-electron chi connectivity index (χ4n) is 1.33. The van der Waals surface area contributed by atoms with E-state index in [9.17, 15) is 9.59 Å². The van der Waals surface area contributed by atoms with Gasteiger partial charge in [-0.2, -0.15) is 0 Å². The summed E-state index contributed by atoms with van der Waals surface area (Å²) >= 11 is 0. The van der Waals surface area contributed by atoms with E-state index in [4.69, 9.17) is 0 Å². The Balaban J connectivity index is 2.52. The number of hydrogen-bond acceptors (Lipinski definition) is 4. The minimum absolute atomic E-state index is 0.312. The van der Waals surface area contributed by atoms with Gasteiger partial charge in [0.1, 0.15) is 0 Å². The molecule has 1 heterocycles. The second-order valence-electron chi connectivity index (χ2n) is 3.30. The van der Waals surface area contributed by atoms with Crippen molar-refractivity contribution < 1.29 is 19.4 Å². The number of hydrogen-bond donors (Lipinski definition) is 0. The molecule has 0 aromatic heterocycles. The van der Waals surface area contributed by atoms with Crippen LogP contribution in [0, 0.1) is 5.92 Å². The normalized spacial score (nSPS) is 24.7. The van der Waals surface area contributed by atoms with Crippen LogP contribution in [0.25, 0.3) is 0 Å². The average Bonchev–Trinajstić information content (AvgIpc) is 2.19. The molecule has 1 saturated heterocycles. The Morgan fingerprint density at radius 3 is 2.71 bits per heavy atom. The number of rotatable bonds is 1. The smallest absolute Gasteiger partial charge is 0.247 e. The van der Waals surface area contributed by atoms with Crippen molar-refractivity contribution in [1.82, 2.24) is 0 Å². The van der Waals surface area contributed by atoms with E-state index < -0.39 is 11.9 Å². The molecule has 1 aliphatic rings. The van der Waals surface area contributed by atoms with Gasteiger partial charge in [0.15, 0.2) is 0 Å². The first kappa shape index (κ1) is 10.8. The number of carbonyl (C=O) groups is 2. The molecule has 1 aliphatic heterocycles. The van der Waals surface area contributed by atoms with Crippen LogP contribution in [-0.4, -0.2) is 11.9 Å². The average molecular weight is 198 g/mol. The van der Waals surface area contributed by atoms with Gasteiger partial charge in [-0.1, -0.05) is 18.9 Å². The molecule has 0 saturated carbocycles. The summed E-state index contributed by atoms with van der Waals surface area (Å²) in [5.74, 6) is -1.38. The first-order valence-corrected chi connectivity index (χ1v) is 4.78. The summed E-state index contributed by atoms with van der Waals surface area (Å²) in [4.78, 5) is 30.9. The fourth-order valence-corrected chi connectivity index (χ4v) is 1.33. The third-order valence-corrected chi connectivity index (χ3v) is 2.20. The van der Waals surface area contributed by atoms with Crippen molar-refractivity contribution in [2.24, 2.45) is 5.92 Å². The zero-order valence-electron chi connectivity index (χ0n) is 8.03. The van der Waals surface area contributed by atoms with Gasteiger partial charge in [-0.3, -0.25) is 0 Å². The van der Waals surface area contributed by atoms with Gasteiger partial charge in [-0.05, 0) is 12.8 Å². The van der Waals surface area contributed by atoms with Crippen LogP contribution in [0.1, 0.15) is 32.1 Å². The van der Waals surface area contributed by atoms with E-state index in [0.717, 1.165) is 19.3 Å². The molecule has 1 rings (SSSR count). The molecule has 4 heteroatoms. The molecule has 1 fully saturated rings. The standard InChI is InChI=1S/C10H14O4/c1-2-8-6-4-3-5-7-9(11)13-14-10(8)12/h2,8H,1,3-7H2. The Labute approximate surface area is 82.8 Å². The summed E-state index contributed by atoms with van der Waals surface area (Å²) in [6.07, 6.45) is 5.15. The van der Waals surface area contributed by atoms with E-state index >= 15 is 0 Å². The van der Waals surface area contributed by atoms with Crippen molar-refractivity contribution in [3.05, 3.63) is 12.7 Å². The van der Waals surface area contributed by atoms with Crippen LogP contribution in [0.15, 0.2) is 12.7 Å². The monoisotopic (exact) mass is 198 g/mol. The minimum atomic E-state index is -0.532. The van der Waals surface area contributed by atoms with Crippen molar-refractivity contribution in [1.29, 1.82) is 0 Å². The van der Waals surface area contributed by atoms with Gasteiger partial charge in [-0.15, -0.1) is 6.58 Å². The molecule has 0 aliphatic carbocycles. The zero-order valence-corrected chi connectivity index (χ0v) is 8.03. The van der Waals surface area contributed by atoms with E-state index in [2.05, 4.69) is 16.4 Å². The lowest BCUT2D eigenvalue weighted by Gasteiger charge is -2.12. The van der Waals surface area contributed by atoms with Gasteiger partial charge in [0.25, 0.3) is 0 Å². The summed E-state index contributed by atoms with van der Waals surface area (Å²) in [6, 6.07) is 0. The molecular weight excluding hydrogens is 184 g/mol. The Kier molecular flexibility index (Phi) is 4.16. The second kappa shape index (κ2) is 5.42. The summed E-state index contributed by atoms with van der Waals surface area (Å²) in [6.45, 7) is 3.54. The second-order valence-corrected chi connectivity index (χ2v) is 3.30. The molecule has 0 aromatic rings. The summed E-state index contributed by atoms with van der Waals surface area (Å²) in [5.41, 5.74) is 0. The molecule has 1 atom stereocenters. The quantitative estimate of drug-likeness (QED) is 0.476. The highest BCUT2D eigenvalue weighted by Gasteiger charge is 2.20. The number of carbonyl (C=O) groups excluding carboxylic acids is 2. The Morgan fingerprint density at radius 2 is 2.00 bits per heavy atom. The van der Waals surface area contributed by atoms with Crippen LogP contribution in [-0.2, 0) is 19.4 Å². The van der Waals surface area contributed by atoms with Crippen molar-refractivity contribution in [2.45, 2.75) is 32.1 Å². The van der Waals surface area contributed by atoms with E-state index in [-0.39, 0.29) is 5.92 Å². The van der Waals surface area contributed by atoms with Crippen molar-refractivity contribution >= 4 is 11.9 Å². The maximum Gasteiger partial charge on any atom is 0.362 e. The summed E-state index contributed by atoms with van der Waals surface area (Å²) in [7, 11) is 0. The summed E-state index contributed by atoms with van der Waals surface area (Å²) in [5, 5.41) is 0. The Morgan fingerprint density at radius 1 is 1.21 bits per heavy atom. The first-order chi connectivity index (χ1) is 6.74. The molecule has 1 unspecified atom stereocenters. The fraction of sp³-hybridized carbons (Fsp3) is 0.600. The third kappa shape index (κ3) is 3.20. The predicted octanol–water partition coefficient (Wildman–Crippen LogP) is 1.75. The summed E-state index contributed by atoms with van der Waals surface area (Å²) < 4.78 is 0. The molecule has 78 valence electrons. The van der Waals surface area contributed by atoms with Crippen LogP contribution >= 0.6 is 0 Å². The molecule has 0 bridgehead atoms. The lowest BCUT2D eigenvalue weighted by Crippen LogP contribution is -2.19. The van der Waals surface area contributed by atoms with Crippen molar-refractivity contribution in [2.75, 3.05) is 0 Å². The Hall–Kier alpha value is -1.32. The maximum atomic E-state index is 11.2. The first-order valence-electron chi connectivity index (χ1n) is 4.78. The lowest BCUT2D eigenvalue weighted by molar-refractivity contribution is -0.261. The van der Waals surface area contributed by atoms with E-state index in [1.165, 1.54) is 6.08 Å². The largest absolute Gasteiger partial charge is 0.362 e. The van der Waals surface area contributed by atoms with Crippen molar-refractivity contribution in [3.63, 3.8) is 0 Å². The van der Waals surface area contributed by atoms with Crippen LogP contribution in [0.2, 0.25) is 0 Å². The van der Waals surface area contributed by atoms with Crippen LogP contribution in [0.5, 0.6) is 0 Å². The van der Waals surface area contributed by atoms with Crippen LogP contribution in [0.4, 0.5) is 0 Å². The molecule has 0 amide bonds. The van der Waals surface area contributed by atoms with Gasteiger partial charge in [0.05, 0.1) is 12.3 Å². The maximum absolute atomic E-state index is 11.2. The molecule has 0 radical (unpaired) electrons. The lowest BCUT2D eigenvalue weighted by atomic mass is 10.0. The zero-order chi connectivity index (χ0) is 10.4. The molecule has 0 aromatic carbocycles. The van der Waals surface area contributed by atoms with Gasteiger partial charge in [0, 0.05) is 0 Å². The molecule has 14 heavy (non-hydrogen) atoms. The Bertz CT molecular complexity index is 234. The SMILES string of the molecule is C=CC1CCCCCC(=O)OOC1=O. The van der Waals surface area contributed by atoms with Crippen LogP contribution < -0.4 is 0 Å². The van der Waals surface area contributed by atoms with E-state index in [1.807, 2.05) is 0 Å². The van der Waals surface area contributed by atoms with Gasteiger partial charge < -0.3 is 0 Å². The van der Waals surface area contributed by atoms with Gasteiger partial charge in [0.2, 0.25) is 0 Å². The van der Waals surface area contributed by atoms with Crippen LogP contribution in [0.3, 0.4) is 0 Å². The highest BCUT2D eigenvalue weighted by Crippen LogP contribution is 2.16. The highest BCUT2D eigenvalue weighted by atomic mass is 17.2. The predicted molar refractivity (Wildman–Crippen MR) is 49.0 cm³/mol. The van der Waals surface area contributed by atoms with Crippen molar-refractivity contribution in [3.8, 4) is 0 Å². The van der Waals surface area contributed by atoms with Gasteiger partial charge >= 0.3 is 11.9 Å².